The molecule has 1 aliphatic carbocycles. The Bertz CT molecular complexity index is 598. The second-order valence-electron chi connectivity index (χ2n) is 5.53. The van der Waals surface area contributed by atoms with Crippen molar-refractivity contribution in [2.45, 2.75) is 39.0 Å². The maximum Gasteiger partial charge on any atom is 0.305 e. The first kappa shape index (κ1) is 15.6. The Hall–Kier alpha value is -1.80. The average molecular weight is 304 g/mol. The fraction of sp³-hybridized carbons (Fsp3) is 0.500. The van der Waals surface area contributed by atoms with E-state index in [-0.39, 0.29) is 6.42 Å². The summed E-state index contributed by atoms with van der Waals surface area (Å²) in [6.07, 6.45) is 4.38. The van der Waals surface area contributed by atoms with Crippen LogP contribution in [-0.4, -0.2) is 24.2 Å². The van der Waals surface area contributed by atoms with E-state index in [2.05, 4.69) is 12.6 Å². The lowest BCUT2D eigenvalue weighted by Crippen LogP contribution is -2.27. The van der Waals surface area contributed by atoms with Crippen LogP contribution in [0.4, 0.5) is 5.00 Å². The molecule has 1 N–H and O–H groups in total. The number of anilines is 1. The number of fused-ring (bicyclic) bond motifs is 1. The number of rotatable bonds is 6. The van der Waals surface area contributed by atoms with Gasteiger partial charge in [-0.2, -0.15) is 5.26 Å². The van der Waals surface area contributed by atoms with Gasteiger partial charge < -0.3 is 10.0 Å². The predicted octanol–water partition coefficient (Wildman–Crippen LogP) is 3.36. The molecule has 0 unspecified atom stereocenters. The van der Waals surface area contributed by atoms with Crippen molar-refractivity contribution in [2.24, 2.45) is 0 Å². The van der Waals surface area contributed by atoms with Gasteiger partial charge in [-0.1, -0.05) is 12.2 Å². The summed E-state index contributed by atoms with van der Waals surface area (Å²) < 4.78 is 0. The standard InChI is InChI=1S/C16H20N2O2S/c1-11(2)10-18(8-7-15(19)20)16-13(9-17)12-5-3-4-6-14(12)21-16/h1,3-8,10H2,2H3,(H,19,20). The topological polar surface area (TPSA) is 64.3 Å². The number of thiophene rings is 1. The van der Waals surface area contributed by atoms with E-state index in [1.54, 1.807) is 11.3 Å². The first-order valence-electron chi connectivity index (χ1n) is 7.18. The minimum atomic E-state index is -0.818. The van der Waals surface area contributed by atoms with E-state index in [1.165, 1.54) is 16.9 Å². The Morgan fingerprint density at radius 1 is 1.48 bits per heavy atom. The van der Waals surface area contributed by atoms with Crippen molar-refractivity contribution in [2.75, 3.05) is 18.0 Å². The van der Waals surface area contributed by atoms with Gasteiger partial charge in [-0.3, -0.25) is 4.79 Å². The highest BCUT2D eigenvalue weighted by atomic mass is 32.1. The molecule has 1 aliphatic rings. The summed E-state index contributed by atoms with van der Waals surface area (Å²) in [5, 5.41) is 19.4. The summed E-state index contributed by atoms with van der Waals surface area (Å²) >= 11 is 1.66. The van der Waals surface area contributed by atoms with Crippen molar-refractivity contribution < 1.29 is 9.90 Å². The zero-order valence-corrected chi connectivity index (χ0v) is 13.1. The Morgan fingerprint density at radius 3 is 2.81 bits per heavy atom. The number of nitrogens with zero attached hydrogens (tertiary/aromatic N) is 2. The minimum Gasteiger partial charge on any atom is -0.481 e. The first-order valence-corrected chi connectivity index (χ1v) is 8.00. The Kier molecular flexibility index (Phi) is 5.03. The molecule has 112 valence electrons. The van der Waals surface area contributed by atoms with Crippen LogP contribution in [-0.2, 0) is 17.6 Å². The van der Waals surface area contributed by atoms with Gasteiger partial charge in [-0.25, -0.2) is 0 Å². The van der Waals surface area contributed by atoms with Crippen LogP contribution in [0.15, 0.2) is 12.2 Å². The molecule has 0 saturated carbocycles. The van der Waals surface area contributed by atoms with E-state index in [1.807, 2.05) is 11.8 Å². The van der Waals surface area contributed by atoms with Crippen LogP contribution in [0.3, 0.4) is 0 Å². The van der Waals surface area contributed by atoms with Gasteiger partial charge in [-0.15, -0.1) is 11.3 Å². The Balaban J connectivity index is 2.34. The normalized spacial score (nSPS) is 13.3. The molecule has 0 saturated heterocycles. The molecule has 0 radical (unpaired) electrons. The fourth-order valence-electron chi connectivity index (χ4n) is 2.70. The predicted molar refractivity (Wildman–Crippen MR) is 85.0 cm³/mol. The molecule has 2 rings (SSSR count). The fourth-order valence-corrected chi connectivity index (χ4v) is 4.06. The lowest BCUT2D eigenvalue weighted by atomic mass is 9.96. The Labute approximate surface area is 129 Å². The number of hydrogen-bond donors (Lipinski definition) is 1. The van der Waals surface area contributed by atoms with Crippen LogP contribution in [0.2, 0.25) is 0 Å². The van der Waals surface area contributed by atoms with Crippen LogP contribution in [0.5, 0.6) is 0 Å². The van der Waals surface area contributed by atoms with Gasteiger partial charge in [0, 0.05) is 18.0 Å². The van der Waals surface area contributed by atoms with Gasteiger partial charge in [-0.05, 0) is 38.2 Å². The summed E-state index contributed by atoms with van der Waals surface area (Å²) in [4.78, 5) is 14.2. The number of aliphatic carboxylic acids is 1. The van der Waals surface area contributed by atoms with Gasteiger partial charge in [0.2, 0.25) is 0 Å². The van der Waals surface area contributed by atoms with Gasteiger partial charge in [0.15, 0.2) is 0 Å². The van der Waals surface area contributed by atoms with Gasteiger partial charge >= 0.3 is 5.97 Å². The van der Waals surface area contributed by atoms with E-state index in [0.717, 1.165) is 35.4 Å². The summed E-state index contributed by atoms with van der Waals surface area (Å²) in [6, 6.07) is 2.34. The molecule has 0 fully saturated rings. The van der Waals surface area contributed by atoms with Crippen molar-refractivity contribution in [3.8, 4) is 6.07 Å². The van der Waals surface area contributed by atoms with Crippen molar-refractivity contribution in [3.05, 3.63) is 28.2 Å². The number of hydrogen-bond acceptors (Lipinski definition) is 4. The zero-order chi connectivity index (χ0) is 15.4. The smallest absolute Gasteiger partial charge is 0.305 e. The maximum absolute atomic E-state index is 10.9. The summed E-state index contributed by atoms with van der Waals surface area (Å²) in [5.41, 5.74) is 2.91. The highest BCUT2D eigenvalue weighted by molar-refractivity contribution is 7.16. The molecule has 21 heavy (non-hydrogen) atoms. The molecule has 1 aromatic heterocycles. The summed E-state index contributed by atoms with van der Waals surface area (Å²) in [6.45, 7) is 6.85. The molecule has 0 amide bonds. The summed E-state index contributed by atoms with van der Waals surface area (Å²) in [7, 11) is 0. The third-order valence-electron chi connectivity index (χ3n) is 3.61. The van der Waals surface area contributed by atoms with Gasteiger partial charge in [0.25, 0.3) is 0 Å². The van der Waals surface area contributed by atoms with Crippen molar-refractivity contribution >= 4 is 22.3 Å². The van der Waals surface area contributed by atoms with E-state index in [0.29, 0.717) is 13.1 Å². The molecule has 0 aliphatic heterocycles. The molecule has 0 atom stereocenters. The van der Waals surface area contributed by atoms with Crippen LogP contribution in [0.1, 0.15) is 42.2 Å². The molecule has 0 spiro atoms. The molecule has 1 heterocycles. The van der Waals surface area contributed by atoms with Gasteiger partial charge in [0.05, 0.1) is 12.0 Å². The third kappa shape index (κ3) is 3.64. The van der Waals surface area contributed by atoms with E-state index < -0.39 is 5.97 Å². The average Bonchev–Trinajstić information content (AvgIpc) is 2.81. The van der Waals surface area contributed by atoms with Crippen molar-refractivity contribution in [3.63, 3.8) is 0 Å². The number of carbonyl (C=O) groups is 1. The van der Waals surface area contributed by atoms with E-state index >= 15 is 0 Å². The first-order chi connectivity index (χ1) is 10.0. The molecular formula is C16H20N2O2S. The van der Waals surface area contributed by atoms with Crippen molar-refractivity contribution in [1.29, 1.82) is 5.26 Å². The minimum absolute atomic E-state index is 0.0702. The zero-order valence-electron chi connectivity index (χ0n) is 12.3. The SMILES string of the molecule is C=C(C)CN(CCC(=O)O)c1sc2c(c1C#N)CCCC2. The van der Waals surface area contributed by atoms with E-state index in [4.69, 9.17) is 5.11 Å². The second kappa shape index (κ2) is 6.77. The quantitative estimate of drug-likeness (QED) is 0.819. The van der Waals surface area contributed by atoms with Crippen LogP contribution >= 0.6 is 11.3 Å². The number of carboxylic acid groups (broad SMARTS) is 1. The second-order valence-corrected chi connectivity index (χ2v) is 6.61. The lowest BCUT2D eigenvalue weighted by Gasteiger charge is -2.23. The molecule has 1 aromatic rings. The number of carboxylic acids is 1. The number of aryl methyl sites for hydroxylation is 1. The lowest BCUT2D eigenvalue weighted by molar-refractivity contribution is -0.136. The molecule has 0 bridgehead atoms. The van der Waals surface area contributed by atoms with Crippen LogP contribution in [0, 0.1) is 11.3 Å². The summed E-state index contributed by atoms with van der Waals surface area (Å²) in [5.74, 6) is -0.818. The molecule has 4 nitrogen and oxygen atoms in total. The molecule has 5 heteroatoms. The number of nitriles is 1. The molecule has 0 aromatic carbocycles. The third-order valence-corrected chi connectivity index (χ3v) is 4.96. The molecular weight excluding hydrogens is 284 g/mol. The highest BCUT2D eigenvalue weighted by Crippen LogP contribution is 2.40. The van der Waals surface area contributed by atoms with E-state index in [9.17, 15) is 10.1 Å². The highest BCUT2D eigenvalue weighted by Gasteiger charge is 2.24. The van der Waals surface area contributed by atoms with Crippen LogP contribution in [0.25, 0.3) is 0 Å². The van der Waals surface area contributed by atoms with Crippen LogP contribution < -0.4 is 4.90 Å². The largest absolute Gasteiger partial charge is 0.481 e. The Morgan fingerprint density at radius 2 is 2.19 bits per heavy atom. The monoisotopic (exact) mass is 304 g/mol. The maximum atomic E-state index is 10.9. The van der Waals surface area contributed by atoms with Crippen molar-refractivity contribution in [1.82, 2.24) is 0 Å². The van der Waals surface area contributed by atoms with Gasteiger partial charge in [0.1, 0.15) is 11.1 Å².